The highest BCUT2D eigenvalue weighted by Crippen LogP contribution is 2.23. The van der Waals surface area contributed by atoms with Crippen LogP contribution in [0.15, 0.2) is 66.9 Å². The summed E-state index contributed by atoms with van der Waals surface area (Å²) >= 11 is 6.02. The van der Waals surface area contributed by atoms with Gasteiger partial charge in [-0.25, -0.2) is 4.68 Å². The van der Waals surface area contributed by atoms with E-state index < -0.39 is 0 Å². The van der Waals surface area contributed by atoms with Crippen LogP contribution in [0.4, 0.5) is 0 Å². The van der Waals surface area contributed by atoms with Crippen molar-refractivity contribution in [3.8, 4) is 16.9 Å². The molecule has 0 N–H and O–H groups in total. The molecule has 88 valence electrons. The Labute approximate surface area is 110 Å². The number of aromatic nitrogens is 2. The Morgan fingerprint density at radius 1 is 0.889 bits per heavy atom. The molecular formula is C15H11ClN2. The standard InChI is InChI=1S/C15H11ClN2/c16-13-7-4-8-14(11-13)18-15(9-10-17-18)12-5-2-1-3-6-12/h1-11H. The van der Waals surface area contributed by atoms with Crippen LogP contribution in [0.3, 0.4) is 0 Å². The molecule has 0 radical (unpaired) electrons. The van der Waals surface area contributed by atoms with Gasteiger partial charge < -0.3 is 0 Å². The van der Waals surface area contributed by atoms with Crippen molar-refractivity contribution < 1.29 is 0 Å². The molecule has 0 saturated heterocycles. The highest BCUT2D eigenvalue weighted by atomic mass is 35.5. The maximum absolute atomic E-state index is 6.02. The third kappa shape index (κ3) is 2.03. The SMILES string of the molecule is Clc1cccc(-n2nccc2-c2ccccc2)c1. The van der Waals surface area contributed by atoms with Crippen LogP contribution in [-0.4, -0.2) is 9.78 Å². The molecule has 3 aromatic rings. The Bertz CT molecular complexity index is 659. The molecule has 0 aliphatic rings. The second-order valence-electron chi connectivity index (χ2n) is 3.97. The molecule has 0 fully saturated rings. The van der Waals surface area contributed by atoms with Gasteiger partial charge in [-0.1, -0.05) is 48.0 Å². The number of hydrogen-bond acceptors (Lipinski definition) is 1. The van der Waals surface area contributed by atoms with E-state index in [2.05, 4.69) is 17.2 Å². The molecule has 0 aliphatic carbocycles. The lowest BCUT2D eigenvalue weighted by molar-refractivity contribution is 0.888. The zero-order valence-corrected chi connectivity index (χ0v) is 10.4. The largest absolute Gasteiger partial charge is 0.233 e. The second kappa shape index (κ2) is 4.67. The van der Waals surface area contributed by atoms with Crippen molar-refractivity contribution in [1.82, 2.24) is 9.78 Å². The van der Waals surface area contributed by atoms with Crippen molar-refractivity contribution in [1.29, 1.82) is 0 Å². The summed E-state index contributed by atoms with van der Waals surface area (Å²) in [4.78, 5) is 0. The maximum Gasteiger partial charge on any atom is 0.0740 e. The second-order valence-corrected chi connectivity index (χ2v) is 4.41. The molecule has 1 heterocycles. The minimum absolute atomic E-state index is 0.710. The molecule has 0 saturated carbocycles. The van der Waals surface area contributed by atoms with E-state index in [0.717, 1.165) is 16.9 Å². The number of hydrogen-bond donors (Lipinski definition) is 0. The predicted octanol–water partition coefficient (Wildman–Crippen LogP) is 4.19. The summed E-state index contributed by atoms with van der Waals surface area (Å²) < 4.78 is 1.89. The first-order valence-electron chi connectivity index (χ1n) is 5.70. The van der Waals surface area contributed by atoms with Crippen molar-refractivity contribution in [2.75, 3.05) is 0 Å². The molecule has 0 unspecified atom stereocenters. The van der Waals surface area contributed by atoms with Gasteiger partial charge in [0.2, 0.25) is 0 Å². The third-order valence-corrected chi connectivity index (χ3v) is 3.00. The molecular weight excluding hydrogens is 244 g/mol. The van der Waals surface area contributed by atoms with E-state index in [9.17, 15) is 0 Å². The minimum atomic E-state index is 0.710. The number of halogens is 1. The highest BCUT2D eigenvalue weighted by molar-refractivity contribution is 6.30. The van der Waals surface area contributed by atoms with Crippen LogP contribution < -0.4 is 0 Å². The number of benzene rings is 2. The van der Waals surface area contributed by atoms with Crippen LogP contribution in [0, 0.1) is 0 Å². The first-order valence-corrected chi connectivity index (χ1v) is 6.08. The zero-order chi connectivity index (χ0) is 12.4. The lowest BCUT2D eigenvalue weighted by Gasteiger charge is -2.07. The quantitative estimate of drug-likeness (QED) is 0.670. The van der Waals surface area contributed by atoms with E-state index in [-0.39, 0.29) is 0 Å². The first-order chi connectivity index (χ1) is 8.84. The van der Waals surface area contributed by atoms with Crippen LogP contribution >= 0.6 is 11.6 Å². The average Bonchev–Trinajstić information content (AvgIpc) is 2.89. The summed E-state index contributed by atoms with van der Waals surface area (Å²) in [6.45, 7) is 0. The van der Waals surface area contributed by atoms with Gasteiger partial charge in [-0.3, -0.25) is 0 Å². The summed E-state index contributed by atoms with van der Waals surface area (Å²) in [5.41, 5.74) is 3.15. The molecule has 3 rings (SSSR count). The van der Waals surface area contributed by atoms with Gasteiger partial charge in [0, 0.05) is 10.6 Å². The minimum Gasteiger partial charge on any atom is -0.233 e. The van der Waals surface area contributed by atoms with Crippen LogP contribution in [-0.2, 0) is 0 Å². The maximum atomic E-state index is 6.02. The zero-order valence-electron chi connectivity index (χ0n) is 9.62. The summed E-state index contributed by atoms with van der Waals surface area (Å²) in [5, 5.41) is 5.07. The number of rotatable bonds is 2. The van der Waals surface area contributed by atoms with Crippen LogP contribution in [0.2, 0.25) is 5.02 Å². The predicted molar refractivity (Wildman–Crippen MR) is 74.0 cm³/mol. The van der Waals surface area contributed by atoms with Crippen molar-refractivity contribution in [2.45, 2.75) is 0 Å². The van der Waals surface area contributed by atoms with Crippen LogP contribution in [0.1, 0.15) is 0 Å². The van der Waals surface area contributed by atoms with Crippen molar-refractivity contribution in [2.24, 2.45) is 0 Å². The molecule has 0 spiro atoms. The third-order valence-electron chi connectivity index (χ3n) is 2.77. The van der Waals surface area contributed by atoms with Gasteiger partial charge in [0.15, 0.2) is 0 Å². The average molecular weight is 255 g/mol. The van der Waals surface area contributed by atoms with Crippen molar-refractivity contribution in [3.63, 3.8) is 0 Å². The van der Waals surface area contributed by atoms with E-state index in [0.29, 0.717) is 5.02 Å². The van der Waals surface area contributed by atoms with E-state index >= 15 is 0 Å². The lowest BCUT2D eigenvalue weighted by atomic mass is 10.1. The van der Waals surface area contributed by atoms with Gasteiger partial charge >= 0.3 is 0 Å². The van der Waals surface area contributed by atoms with Crippen molar-refractivity contribution in [3.05, 3.63) is 71.9 Å². The monoisotopic (exact) mass is 254 g/mol. The number of nitrogens with zero attached hydrogens (tertiary/aromatic N) is 2. The summed E-state index contributed by atoms with van der Waals surface area (Å²) in [6, 6.07) is 19.8. The van der Waals surface area contributed by atoms with E-state index in [1.165, 1.54) is 0 Å². The van der Waals surface area contributed by atoms with Crippen molar-refractivity contribution >= 4 is 11.6 Å². The molecule has 0 amide bonds. The molecule has 1 aromatic heterocycles. The smallest absolute Gasteiger partial charge is 0.0740 e. The molecule has 0 atom stereocenters. The molecule has 2 nitrogen and oxygen atoms in total. The first kappa shape index (κ1) is 11.1. The lowest BCUT2D eigenvalue weighted by Crippen LogP contribution is -1.98. The molecule has 0 aliphatic heterocycles. The highest BCUT2D eigenvalue weighted by Gasteiger charge is 2.06. The van der Waals surface area contributed by atoms with Gasteiger partial charge in [0.05, 0.1) is 17.6 Å². The summed E-state index contributed by atoms with van der Waals surface area (Å²) in [6.07, 6.45) is 1.79. The fraction of sp³-hybridized carbons (Fsp3) is 0. The Kier molecular flexibility index (Phi) is 2.87. The Hall–Kier alpha value is -2.06. The fourth-order valence-electron chi connectivity index (χ4n) is 1.94. The van der Waals surface area contributed by atoms with Crippen LogP contribution in [0.5, 0.6) is 0 Å². The molecule has 18 heavy (non-hydrogen) atoms. The Balaban J connectivity index is 2.13. The van der Waals surface area contributed by atoms with Gasteiger partial charge in [0.1, 0.15) is 0 Å². The van der Waals surface area contributed by atoms with E-state index in [1.54, 1.807) is 6.20 Å². The molecule has 2 aromatic carbocycles. The van der Waals surface area contributed by atoms with E-state index in [1.807, 2.05) is 53.2 Å². The van der Waals surface area contributed by atoms with E-state index in [4.69, 9.17) is 11.6 Å². The summed E-state index contributed by atoms with van der Waals surface area (Å²) in [5.74, 6) is 0. The Morgan fingerprint density at radius 3 is 2.50 bits per heavy atom. The fourth-order valence-corrected chi connectivity index (χ4v) is 2.13. The topological polar surface area (TPSA) is 17.8 Å². The van der Waals surface area contributed by atoms with Gasteiger partial charge in [-0.2, -0.15) is 5.10 Å². The van der Waals surface area contributed by atoms with Gasteiger partial charge in [-0.15, -0.1) is 0 Å². The normalized spacial score (nSPS) is 10.5. The molecule has 0 bridgehead atoms. The van der Waals surface area contributed by atoms with Crippen LogP contribution in [0.25, 0.3) is 16.9 Å². The van der Waals surface area contributed by atoms with Gasteiger partial charge in [-0.05, 0) is 24.3 Å². The molecule has 3 heteroatoms. The Morgan fingerprint density at radius 2 is 1.72 bits per heavy atom. The summed E-state index contributed by atoms with van der Waals surface area (Å²) in [7, 11) is 0. The van der Waals surface area contributed by atoms with Gasteiger partial charge in [0.25, 0.3) is 0 Å².